The Balaban J connectivity index is 2.10. The summed E-state index contributed by atoms with van der Waals surface area (Å²) in [7, 11) is 0. The summed E-state index contributed by atoms with van der Waals surface area (Å²) in [6.07, 6.45) is -4.24. The lowest BCUT2D eigenvalue weighted by Gasteiger charge is -2.18. The SMILES string of the molecule is O=C(O)C1CCN(C(=O)Nc2cc(C(F)(F)F)ccc2Cl)C1. The van der Waals surface area contributed by atoms with E-state index in [0.717, 1.165) is 18.2 Å². The minimum absolute atomic E-state index is 0.0117. The first-order valence-corrected chi connectivity index (χ1v) is 6.72. The van der Waals surface area contributed by atoms with Gasteiger partial charge in [0.25, 0.3) is 0 Å². The number of carboxylic acids is 1. The largest absolute Gasteiger partial charge is 0.481 e. The molecule has 0 radical (unpaired) electrons. The van der Waals surface area contributed by atoms with Crippen LogP contribution in [0.4, 0.5) is 23.7 Å². The monoisotopic (exact) mass is 336 g/mol. The number of alkyl halides is 3. The highest BCUT2D eigenvalue weighted by Gasteiger charge is 2.33. The Hall–Kier alpha value is -1.96. The van der Waals surface area contributed by atoms with Crippen LogP contribution in [0.15, 0.2) is 18.2 Å². The molecule has 1 atom stereocenters. The lowest BCUT2D eigenvalue weighted by molar-refractivity contribution is -0.141. The number of likely N-dealkylation sites (tertiary alicyclic amines) is 1. The lowest BCUT2D eigenvalue weighted by atomic mass is 10.1. The van der Waals surface area contributed by atoms with Gasteiger partial charge < -0.3 is 15.3 Å². The first-order chi connectivity index (χ1) is 10.2. The summed E-state index contributed by atoms with van der Waals surface area (Å²) in [6, 6.07) is 1.92. The van der Waals surface area contributed by atoms with E-state index < -0.39 is 29.7 Å². The summed E-state index contributed by atoms with van der Waals surface area (Å²) in [6.45, 7) is 0.233. The highest BCUT2D eigenvalue weighted by atomic mass is 35.5. The number of aliphatic carboxylic acids is 1. The van der Waals surface area contributed by atoms with Gasteiger partial charge in [-0.2, -0.15) is 13.2 Å². The first-order valence-electron chi connectivity index (χ1n) is 6.34. The molecular formula is C13H12ClF3N2O3. The number of urea groups is 1. The maximum Gasteiger partial charge on any atom is 0.416 e. The van der Waals surface area contributed by atoms with E-state index in [2.05, 4.69) is 5.32 Å². The molecule has 5 nitrogen and oxygen atoms in total. The summed E-state index contributed by atoms with van der Waals surface area (Å²) >= 11 is 5.78. The van der Waals surface area contributed by atoms with Crippen molar-refractivity contribution in [1.29, 1.82) is 0 Å². The highest BCUT2D eigenvalue weighted by molar-refractivity contribution is 6.33. The predicted octanol–water partition coefficient (Wildman–Crippen LogP) is 3.30. The molecule has 1 aliphatic heterocycles. The number of hydrogen-bond acceptors (Lipinski definition) is 2. The molecule has 9 heteroatoms. The van der Waals surface area contributed by atoms with Crippen molar-refractivity contribution in [2.45, 2.75) is 12.6 Å². The van der Waals surface area contributed by atoms with E-state index >= 15 is 0 Å². The fourth-order valence-corrected chi connectivity index (χ4v) is 2.30. The highest BCUT2D eigenvalue weighted by Crippen LogP contribution is 2.34. The second-order valence-electron chi connectivity index (χ2n) is 4.89. The number of halogens is 4. The van der Waals surface area contributed by atoms with Crippen LogP contribution in [-0.2, 0) is 11.0 Å². The molecule has 1 saturated heterocycles. The maximum atomic E-state index is 12.6. The fraction of sp³-hybridized carbons (Fsp3) is 0.385. The molecule has 0 aromatic heterocycles. The van der Waals surface area contributed by atoms with Crippen molar-refractivity contribution in [3.05, 3.63) is 28.8 Å². The fourth-order valence-electron chi connectivity index (χ4n) is 2.14. The number of amides is 2. The van der Waals surface area contributed by atoms with Gasteiger partial charge in [-0.3, -0.25) is 4.79 Å². The van der Waals surface area contributed by atoms with Crippen LogP contribution < -0.4 is 5.32 Å². The zero-order valence-corrected chi connectivity index (χ0v) is 11.9. The zero-order chi connectivity index (χ0) is 16.5. The molecule has 1 aromatic carbocycles. The van der Waals surface area contributed by atoms with Crippen molar-refractivity contribution in [1.82, 2.24) is 4.90 Å². The van der Waals surface area contributed by atoms with E-state index in [9.17, 15) is 22.8 Å². The lowest BCUT2D eigenvalue weighted by Crippen LogP contribution is -2.34. The molecule has 2 amide bonds. The van der Waals surface area contributed by atoms with Crippen LogP contribution in [0.3, 0.4) is 0 Å². The van der Waals surface area contributed by atoms with Crippen molar-refractivity contribution >= 4 is 29.3 Å². The second kappa shape index (κ2) is 6.04. The van der Waals surface area contributed by atoms with Gasteiger partial charge in [-0.25, -0.2) is 4.79 Å². The predicted molar refractivity (Wildman–Crippen MR) is 72.8 cm³/mol. The Bertz CT molecular complexity index is 607. The second-order valence-corrected chi connectivity index (χ2v) is 5.30. The summed E-state index contributed by atoms with van der Waals surface area (Å²) in [5.41, 5.74) is -1.10. The quantitative estimate of drug-likeness (QED) is 0.870. The maximum absolute atomic E-state index is 12.6. The summed E-state index contributed by atoms with van der Waals surface area (Å²) in [5.74, 6) is -1.67. The Morgan fingerprint density at radius 2 is 2.05 bits per heavy atom. The Morgan fingerprint density at radius 1 is 1.36 bits per heavy atom. The normalized spacial score (nSPS) is 18.4. The topological polar surface area (TPSA) is 69.6 Å². The van der Waals surface area contributed by atoms with Gasteiger partial charge in [0, 0.05) is 13.1 Å². The molecule has 0 spiro atoms. The molecule has 1 aromatic rings. The first kappa shape index (κ1) is 16.4. The van der Waals surface area contributed by atoms with Gasteiger partial charge in [0.15, 0.2) is 0 Å². The van der Waals surface area contributed by atoms with Gasteiger partial charge in [0.2, 0.25) is 0 Å². The van der Waals surface area contributed by atoms with Gasteiger partial charge in [0.05, 0.1) is 22.2 Å². The van der Waals surface area contributed by atoms with Crippen LogP contribution >= 0.6 is 11.6 Å². The van der Waals surface area contributed by atoms with Gasteiger partial charge in [-0.1, -0.05) is 11.6 Å². The van der Waals surface area contributed by atoms with E-state index in [0.29, 0.717) is 6.42 Å². The van der Waals surface area contributed by atoms with E-state index in [1.54, 1.807) is 0 Å². The molecule has 120 valence electrons. The van der Waals surface area contributed by atoms with Gasteiger partial charge in [-0.05, 0) is 24.6 Å². The molecule has 0 bridgehead atoms. The van der Waals surface area contributed by atoms with E-state index in [1.165, 1.54) is 4.90 Å². The molecule has 1 unspecified atom stereocenters. The number of nitrogens with zero attached hydrogens (tertiary/aromatic N) is 1. The molecule has 1 heterocycles. The molecule has 0 saturated carbocycles. The number of nitrogens with one attached hydrogen (secondary N) is 1. The Morgan fingerprint density at radius 3 is 2.59 bits per heavy atom. The molecule has 22 heavy (non-hydrogen) atoms. The van der Waals surface area contributed by atoms with Crippen LogP contribution in [0, 0.1) is 5.92 Å². The van der Waals surface area contributed by atoms with Crippen molar-refractivity contribution in [3.8, 4) is 0 Å². The molecule has 2 rings (SSSR count). The van der Waals surface area contributed by atoms with Crippen molar-refractivity contribution in [2.75, 3.05) is 18.4 Å². The average molecular weight is 337 g/mol. The summed E-state index contributed by atoms with van der Waals surface area (Å²) in [5, 5.41) is 11.1. The number of carbonyl (C=O) groups excluding carboxylic acids is 1. The van der Waals surface area contributed by atoms with Gasteiger partial charge in [-0.15, -0.1) is 0 Å². The van der Waals surface area contributed by atoms with Crippen LogP contribution in [0.5, 0.6) is 0 Å². The van der Waals surface area contributed by atoms with Crippen LogP contribution in [0.25, 0.3) is 0 Å². The van der Waals surface area contributed by atoms with E-state index in [4.69, 9.17) is 16.7 Å². The van der Waals surface area contributed by atoms with Crippen LogP contribution in [-0.4, -0.2) is 35.1 Å². The summed E-state index contributed by atoms with van der Waals surface area (Å²) < 4.78 is 37.9. The van der Waals surface area contributed by atoms with Crippen molar-refractivity contribution in [3.63, 3.8) is 0 Å². The van der Waals surface area contributed by atoms with E-state index in [-0.39, 0.29) is 23.8 Å². The third-order valence-electron chi connectivity index (χ3n) is 3.36. The number of benzene rings is 1. The minimum atomic E-state index is -4.55. The molecule has 1 aliphatic rings. The minimum Gasteiger partial charge on any atom is -0.481 e. The van der Waals surface area contributed by atoms with Crippen LogP contribution in [0.2, 0.25) is 5.02 Å². The van der Waals surface area contributed by atoms with E-state index in [1.807, 2.05) is 0 Å². The zero-order valence-electron chi connectivity index (χ0n) is 11.2. The third kappa shape index (κ3) is 3.62. The summed E-state index contributed by atoms with van der Waals surface area (Å²) in [4.78, 5) is 24.0. The Labute approximate surface area is 128 Å². The van der Waals surface area contributed by atoms with Crippen LogP contribution in [0.1, 0.15) is 12.0 Å². The molecule has 1 fully saturated rings. The Kier molecular flexibility index (Phi) is 4.50. The smallest absolute Gasteiger partial charge is 0.416 e. The number of carbonyl (C=O) groups is 2. The third-order valence-corrected chi connectivity index (χ3v) is 3.69. The molecular weight excluding hydrogens is 325 g/mol. The number of hydrogen-bond donors (Lipinski definition) is 2. The molecule has 0 aliphatic carbocycles. The van der Waals surface area contributed by atoms with Gasteiger partial charge >= 0.3 is 18.2 Å². The average Bonchev–Trinajstić information content (AvgIpc) is 2.89. The number of rotatable bonds is 2. The molecule has 2 N–H and O–H groups in total. The number of anilines is 1. The van der Waals surface area contributed by atoms with Crippen molar-refractivity contribution in [2.24, 2.45) is 5.92 Å². The standard InChI is InChI=1S/C13H12ClF3N2O3/c14-9-2-1-8(13(15,16)17)5-10(9)18-12(22)19-4-3-7(6-19)11(20)21/h1-2,5,7H,3-4,6H2,(H,18,22)(H,20,21). The van der Waals surface area contributed by atoms with Crippen molar-refractivity contribution < 1.29 is 27.9 Å². The van der Waals surface area contributed by atoms with Gasteiger partial charge in [0.1, 0.15) is 0 Å². The number of carboxylic acid groups (broad SMARTS) is 1.